The van der Waals surface area contributed by atoms with E-state index in [0.29, 0.717) is 0 Å². The Kier molecular flexibility index (Phi) is 4.91. The van der Waals surface area contributed by atoms with Crippen molar-refractivity contribution in [2.45, 2.75) is 19.5 Å². The third kappa shape index (κ3) is 3.89. The monoisotopic (exact) mass is 432 g/mol. The third-order valence-electron chi connectivity index (χ3n) is 5.60. The number of aromatic nitrogens is 1. The molecule has 2 aromatic carbocycles. The summed E-state index contributed by atoms with van der Waals surface area (Å²) >= 11 is 1.83. The zero-order valence-electron chi connectivity index (χ0n) is 16.7. The number of nitro benzene ring substituents is 1. The maximum atomic E-state index is 12.5. The van der Waals surface area contributed by atoms with E-state index >= 15 is 0 Å². The zero-order chi connectivity index (χ0) is 21.4. The minimum absolute atomic E-state index is 0.0405. The van der Waals surface area contributed by atoms with Gasteiger partial charge >= 0.3 is 0 Å². The predicted molar refractivity (Wildman–Crippen MR) is 123 cm³/mol. The highest BCUT2D eigenvalue weighted by Crippen LogP contribution is 2.28. The summed E-state index contributed by atoms with van der Waals surface area (Å²) in [5, 5.41) is 16.8. The highest BCUT2D eigenvalue weighted by Gasteiger charge is 2.17. The van der Waals surface area contributed by atoms with Gasteiger partial charge in [0, 0.05) is 58.6 Å². The van der Waals surface area contributed by atoms with Crippen molar-refractivity contribution in [2.24, 2.45) is 0 Å². The fourth-order valence-electron chi connectivity index (χ4n) is 4.02. The lowest BCUT2D eigenvalue weighted by atomic mass is 10.1. The summed E-state index contributed by atoms with van der Waals surface area (Å²) in [4.78, 5) is 26.9. The van der Waals surface area contributed by atoms with Crippen molar-refractivity contribution in [3.05, 3.63) is 86.7 Å². The van der Waals surface area contributed by atoms with Crippen LogP contribution in [0.15, 0.2) is 66.2 Å². The molecular formula is C23H20N4O3S. The lowest BCUT2D eigenvalue weighted by Gasteiger charge is -2.29. The SMILES string of the molecule is O=C(Cn1ccc2cc([N+](=O)[O-])ccc21)Nc1ccc(N2CCc3sccc3C2)cc1. The number of nitrogens with one attached hydrogen (secondary N) is 1. The number of carbonyl (C=O) groups excluding carboxylic acids is 1. The summed E-state index contributed by atoms with van der Waals surface area (Å²) in [7, 11) is 0. The minimum Gasteiger partial charge on any atom is -0.367 e. The summed E-state index contributed by atoms with van der Waals surface area (Å²) in [5.74, 6) is -0.149. The Morgan fingerprint density at radius 2 is 1.97 bits per heavy atom. The molecule has 0 bridgehead atoms. The fraction of sp³-hybridized carbons (Fsp3) is 0.174. The number of carbonyl (C=O) groups is 1. The van der Waals surface area contributed by atoms with Crippen LogP contribution < -0.4 is 10.2 Å². The van der Waals surface area contributed by atoms with Crippen LogP contribution in [0.2, 0.25) is 0 Å². The smallest absolute Gasteiger partial charge is 0.270 e. The molecule has 1 N–H and O–H groups in total. The first-order valence-corrected chi connectivity index (χ1v) is 10.9. The van der Waals surface area contributed by atoms with Gasteiger partial charge in [-0.3, -0.25) is 14.9 Å². The lowest BCUT2D eigenvalue weighted by Crippen LogP contribution is -2.29. The van der Waals surface area contributed by atoms with Crippen molar-refractivity contribution in [2.75, 3.05) is 16.8 Å². The van der Waals surface area contributed by atoms with Gasteiger partial charge in [0.25, 0.3) is 5.69 Å². The number of hydrogen-bond donors (Lipinski definition) is 1. The molecule has 2 aromatic heterocycles. The largest absolute Gasteiger partial charge is 0.367 e. The molecule has 31 heavy (non-hydrogen) atoms. The number of thiophene rings is 1. The first kappa shape index (κ1) is 19.3. The standard InChI is InChI=1S/C23H20N4O3S/c28-23(15-26-10-7-16-13-20(27(29)30)5-6-21(16)26)24-18-1-3-19(4-2-18)25-11-8-22-17(14-25)9-12-31-22/h1-7,9-10,12-13H,8,11,14-15H2,(H,24,28). The van der Waals surface area contributed by atoms with Gasteiger partial charge in [0.2, 0.25) is 5.91 Å². The van der Waals surface area contributed by atoms with E-state index in [1.807, 2.05) is 35.6 Å². The number of nitro groups is 1. The number of amides is 1. The molecular weight excluding hydrogens is 412 g/mol. The van der Waals surface area contributed by atoms with E-state index in [-0.39, 0.29) is 18.1 Å². The van der Waals surface area contributed by atoms with Crippen LogP contribution in [0.3, 0.4) is 0 Å². The number of rotatable bonds is 5. The van der Waals surface area contributed by atoms with Crippen molar-refractivity contribution >= 4 is 45.2 Å². The van der Waals surface area contributed by atoms with Gasteiger partial charge < -0.3 is 14.8 Å². The normalized spacial score (nSPS) is 13.2. The Labute approximate surface area is 182 Å². The zero-order valence-corrected chi connectivity index (χ0v) is 17.5. The average molecular weight is 433 g/mol. The van der Waals surface area contributed by atoms with E-state index in [2.05, 4.69) is 21.7 Å². The molecule has 0 saturated carbocycles. The van der Waals surface area contributed by atoms with E-state index in [4.69, 9.17) is 0 Å². The molecule has 8 heteroatoms. The summed E-state index contributed by atoms with van der Waals surface area (Å²) in [6.45, 7) is 2.05. The number of non-ortho nitro benzene ring substituents is 1. The molecule has 156 valence electrons. The molecule has 0 fully saturated rings. The highest BCUT2D eigenvalue weighted by atomic mass is 32.1. The summed E-state index contributed by atoms with van der Waals surface area (Å²) in [6.07, 6.45) is 2.84. The van der Waals surface area contributed by atoms with Crippen molar-refractivity contribution < 1.29 is 9.72 Å². The van der Waals surface area contributed by atoms with Crippen LogP contribution in [0.1, 0.15) is 10.4 Å². The first-order valence-electron chi connectivity index (χ1n) is 10.0. The van der Waals surface area contributed by atoms with Gasteiger partial charge in [-0.2, -0.15) is 0 Å². The molecule has 0 saturated heterocycles. The molecule has 0 radical (unpaired) electrons. The van der Waals surface area contributed by atoms with E-state index in [1.165, 1.54) is 22.6 Å². The van der Waals surface area contributed by atoms with Gasteiger partial charge in [0.15, 0.2) is 0 Å². The van der Waals surface area contributed by atoms with Crippen LogP contribution in [0.4, 0.5) is 17.1 Å². The molecule has 0 unspecified atom stereocenters. The van der Waals surface area contributed by atoms with E-state index in [1.54, 1.807) is 22.9 Å². The molecule has 3 heterocycles. The van der Waals surface area contributed by atoms with Gasteiger partial charge in [-0.15, -0.1) is 11.3 Å². The van der Waals surface area contributed by atoms with Crippen LogP contribution in [0.5, 0.6) is 0 Å². The van der Waals surface area contributed by atoms with Crippen molar-refractivity contribution in [3.8, 4) is 0 Å². The van der Waals surface area contributed by atoms with Gasteiger partial charge in [0.1, 0.15) is 6.54 Å². The Morgan fingerprint density at radius 3 is 2.77 bits per heavy atom. The molecule has 7 nitrogen and oxygen atoms in total. The maximum Gasteiger partial charge on any atom is 0.270 e. The van der Waals surface area contributed by atoms with Crippen molar-refractivity contribution in [1.82, 2.24) is 4.57 Å². The topological polar surface area (TPSA) is 80.4 Å². The van der Waals surface area contributed by atoms with Gasteiger partial charge in [-0.05, 0) is 59.8 Å². The maximum absolute atomic E-state index is 12.5. The minimum atomic E-state index is -0.420. The third-order valence-corrected chi connectivity index (χ3v) is 6.63. The molecule has 0 aliphatic carbocycles. The quantitative estimate of drug-likeness (QED) is 0.362. The molecule has 0 spiro atoms. The molecule has 1 aliphatic heterocycles. The van der Waals surface area contributed by atoms with E-state index < -0.39 is 4.92 Å². The summed E-state index contributed by atoms with van der Waals surface area (Å²) in [6, 6.07) is 16.5. The van der Waals surface area contributed by atoms with Gasteiger partial charge in [-0.25, -0.2) is 0 Å². The van der Waals surface area contributed by atoms with Crippen LogP contribution in [-0.4, -0.2) is 21.9 Å². The molecule has 1 amide bonds. The predicted octanol–water partition coefficient (Wildman–Crippen LogP) is 4.81. The number of nitrogens with zero attached hydrogens (tertiary/aromatic N) is 3. The van der Waals surface area contributed by atoms with E-state index in [9.17, 15) is 14.9 Å². The fourth-order valence-corrected chi connectivity index (χ4v) is 4.91. The number of fused-ring (bicyclic) bond motifs is 2. The van der Waals surface area contributed by atoms with Crippen molar-refractivity contribution in [3.63, 3.8) is 0 Å². The Balaban J connectivity index is 1.24. The number of hydrogen-bond acceptors (Lipinski definition) is 5. The van der Waals surface area contributed by atoms with Gasteiger partial charge in [-0.1, -0.05) is 0 Å². The van der Waals surface area contributed by atoms with Crippen LogP contribution >= 0.6 is 11.3 Å². The van der Waals surface area contributed by atoms with Crippen molar-refractivity contribution in [1.29, 1.82) is 0 Å². The Bertz CT molecular complexity index is 1280. The lowest BCUT2D eigenvalue weighted by molar-refractivity contribution is -0.384. The second kappa shape index (κ2) is 7.88. The summed E-state index contributed by atoms with van der Waals surface area (Å²) < 4.78 is 1.79. The first-order chi connectivity index (χ1) is 15.1. The summed E-state index contributed by atoms with van der Waals surface area (Å²) in [5.41, 5.74) is 4.12. The Hall–Kier alpha value is -3.65. The number of anilines is 2. The average Bonchev–Trinajstić information content (AvgIpc) is 3.40. The number of benzene rings is 2. The highest BCUT2D eigenvalue weighted by molar-refractivity contribution is 7.10. The molecule has 5 rings (SSSR count). The van der Waals surface area contributed by atoms with Crippen LogP contribution in [-0.2, 0) is 24.3 Å². The van der Waals surface area contributed by atoms with E-state index in [0.717, 1.165) is 41.8 Å². The second-order valence-electron chi connectivity index (χ2n) is 7.58. The Morgan fingerprint density at radius 1 is 1.13 bits per heavy atom. The van der Waals surface area contributed by atoms with Crippen LogP contribution in [0.25, 0.3) is 10.9 Å². The second-order valence-corrected chi connectivity index (χ2v) is 8.58. The van der Waals surface area contributed by atoms with Crippen LogP contribution in [0, 0.1) is 10.1 Å². The molecule has 1 aliphatic rings. The van der Waals surface area contributed by atoms with Gasteiger partial charge in [0.05, 0.1) is 4.92 Å². The molecule has 0 atom stereocenters. The molecule has 4 aromatic rings.